The van der Waals surface area contributed by atoms with Crippen molar-refractivity contribution in [2.24, 2.45) is 5.92 Å². The van der Waals surface area contributed by atoms with E-state index in [0.717, 1.165) is 31.4 Å². The van der Waals surface area contributed by atoms with Gasteiger partial charge in [-0.25, -0.2) is 0 Å². The lowest BCUT2D eigenvalue weighted by Crippen LogP contribution is -2.50. The lowest BCUT2D eigenvalue weighted by molar-refractivity contribution is -0.124. The second kappa shape index (κ2) is 12.0. The SMILES string of the molecule is CCCCc1ccc(C(=O)NC(C(=O)NCCc2ccccn2)C(C)CC)cc1. The zero-order valence-corrected chi connectivity index (χ0v) is 17.8. The molecule has 156 valence electrons. The minimum atomic E-state index is -0.559. The average Bonchev–Trinajstić information content (AvgIpc) is 2.76. The van der Waals surface area contributed by atoms with Gasteiger partial charge in [0.15, 0.2) is 0 Å². The lowest BCUT2D eigenvalue weighted by Gasteiger charge is -2.23. The molecule has 0 aliphatic carbocycles. The topological polar surface area (TPSA) is 71.1 Å². The van der Waals surface area contributed by atoms with Crippen LogP contribution in [-0.2, 0) is 17.6 Å². The van der Waals surface area contributed by atoms with Crippen molar-refractivity contribution in [3.05, 3.63) is 65.5 Å². The summed E-state index contributed by atoms with van der Waals surface area (Å²) in [5, 5.41) is 5.87. The van der Waals surface area contributed by atoms with E-state index in [1.54, 1.807) is 6.20 Å². The molecule has 2 atom stereocenters. The molecule has 2 unspecified atom stereocenters. The minimum Gasteiger partial charge on any atom is -0.354 e. The predicted molar refractivity (Wildman–Crippen MR) is 117 cm³/mol. The molecule has 1 heterocycles. The Balaban J connectivity index is 1.94. The normalized spacial score (nSPS) is 12.8. The number of aryl methyl sites for hydroxylation is 1. The van der Waals surface area contributed by atoms with E-state index in [9.17, 15) is 9.59 Å². The predicted octanol–water partition coefficient (Wildman–Crippen LogP) is 3.93. The van der Waals surface area contributed by atoms with Gasteiger partial charge in [-0.1, -0.05) is 51.8 Å². The van der Waals surface area contributed by atoms with Gasteiger partial charge >= 0.3 is 0 Å². The Hall–Kier alpha value is -2.69. The van der Waals surface area contributed by atoms with Gasteiger partial charge in [-0.3, -0.25) is 14.6 Å². The summed E-state index contributed by atoms with van der Waals surface area (Å²) < 4.78 is 0. The molecule has 2 amide bonds. The highest BCUT2D eigenvalue weighted by Crippen LogP contribution is 2.12. The first-order valence-electron chi connectivity index (χ1n) is 10.6. The van der Waals surface area contributed by atoms with Crippen molar-refractivity contribution in [3.8, 4) is 0 Å². The van der Waals surface area contributed by atoms with Crippen molar-refractivity contribution in [2.45, 2.75) is 58.9 Å². The van der Waals surface area contributed by atoms with Crippen molar-refractivity contribution < 1.29 is 9.59 Å². The van der Waals surface area contributed by atoms with Crippen LogP contribution in [0.2, 0.25) is 0 Å². The Morgan fingerprint density at radius 2 is 1.79 bits per heavy atom. The average molecular weight is 396 g/mol. The fraction of sp³-hybridized carbons (Fsp3) is 0.458. The van der Waals surface area contributed by atoms with Gasteiger partial charge in [-0.05, 0) is 48.6 Å². The number of nitrogens with one attached hydrogen (secondary N) is 2. The van der Waals surface area contributed by atoms with Crippen LogP contribution in [0, 0.1) is 5.92 Å². The molecule has 2 N–H and O–H groups in total. The number of unbranched alkanes of at least 4 members (excludes halogenated alkanes) is 1. The molecule has 5 nitrogen and oxygen atoms in total. The van der Waals surface area contributed by atoms with Gasteiger partial charge in [0, 0.05) is 30.4 Å². The summed E-state index contributed by atoms with van der Waals surface area (Å²) in [7, 11) is 0. The Morgan fingerprint density at radius 3 is 2.41 bits per heavy atom. The highest BCUT2D eigenvalue weighted by Gasteiger charge is 2.26. The number of carbonyl (C=O) groups excluding carboxylic acids is 2. The van der Waals surface area contributed by atoms with Crippen LogP contribution in [0.5, 0.6) is 0 Å². The van der Waals surface area contributed by atoms with Gasteiger partial charge < -0.3 is 10.6 Å². The van der Waals surface area contributed by atoms with E-state index in [4.69, 9.17) is 0 Å². The fourth-order valence-corrected chi connectivity index (χ4v) is 3.10. The molecule has 2 rings (SSSR count). The molecule has 0 fully saturated rings. The fourth-order valence-electron chi connectivity index (χ4n) is 3.10. The van der Waals surface area contributed by atoms with Crippen LogP contribution in [0.3, 0.4) is 0 Å². The second-order valence-electron chi connectivity index (χ2n) is 7.50. The van der Waals surface area contributed by atoms with E-state index < -0.39 is 6.04 Å². The van der Waals surface area contributed by atoms with Gasteiger partial charge in [-0.15, -0.1) is 0 Å². The number of rotatable bonds is 11. The Morgan fingerprint density at radius 1 is 1.03 bits per heavy atom. The Kier molecular flexibility index (Phi) is 9.35. The molecule has 0 aliphatic rings. The summed E-state index contributed by atoms with van der Waals surface area (Å²) in [6.45, 7) is 6.66. The molecule has 0 saturated carbocycles. The summed E-state index contributed by atoms with van der Waals surface area (Å²) in [6.07, 6.45) is 6.51. The molecule has 1 aromatic heterocycles. The first kappa shape index (κ1) is 22.6. The quantitative estimate of drug-likeness (QED) is 0.606. The molecular formula is C24H33N3O2. The minimum absolute atomic E-state index is 0.0395. The van der Waals surface area contributed by atoms with Crippen LogP contribution in [-0.4, -0.2) is 29.4 Å². The summed E-state index contributed by atoms with van der Waals surface area (Å²) in [6, 6.07) is 12.8. The summed E-state index contributed by atoms with van der Waals surface area (Å²) >= 11 is 0. The van der Waals surface area contributed by atoms with Crippen LogP contribution in [0.1, 0.15) is 61.6 Å². The zero-order chi connectivity index (χ0) is 21.1. The number of nitrogens with zero attached hydrogens (tertiary/aromatic N) is 1. The molecule has 0 spiro atoms. The number of hydrogen-bond donors (Lipinski definition) is 2. The molecule has 0 aliphatic heterocycles. The van der Waals surface area contributed by atoms with Crippen molar-refractivity contribution >= 4 is 11.8 Å². The number of aromatic nitrogens is 1. The van der Waals surface area contributed by atoms with E-state index in [1.165, 1.54) is 5.56 Å². The Bertz CT molecular complexity index is 759. The third-order valence-electron chi connectivity index (χ3n) is 5.22. The summed E-state index contributed by atoms with van der Waals surface area (Å²) in [4.78, 5) is 29.7. The number of amides is 2. The maximum atomic E-state index is 12.7. The van der Waals surface area contributed by atoms with Crippen molar-refractivity contribution in [1.82, 2.24) is 15.6 Å². The molecule has 0 bridgehead atoms. The number of pyridine rings is 1. The van der Waals surface area contributed by atoms with E-state index in [1.807, 2.05) is 56.3 Å². The molecule has 29 heavy (non-hydrogen) atoms. The first-order chi connectivity index (χ1) is 14.0. The third kappa shape index (κ3) is 7.33. The molecule has 5 heteroatoms. The van der Waals surface area contributed by atoms with Gasteiger partial charge in [0.25, 0.3) is 5.91 Å². The van der Waals surface area contributed by atoms with Gasteiger partial charge in [0.05, 0.1) is 0 Å². The molecule has 0 saturated heterocycles. The highest BCUT2D eigenvalue weighted by atomic mass is 16.2. The van der Waals surface area contributed by atoms with Gasteiger partial charge in [-0.2, -0.15) is 0 Å². The molecule has 2 aromatic rings. The van der Waals surface area contributed by atoms with Crippen LogP contribution in [0.4, 0.5) is 0 Å². The summed E-state index contributed by atoms with van der Waals surface area (Å²) in [5.41, 5.74) is 2.74. The third-order valence-corrected chi connectivity index (χ3v) is 5.22. The number of benzene rings is 1. The van der Waals surface area contributed by atoms with Crippen LogP contribution < -0.4 is 10.6 Å². The van der Waals surface area contributed by atoms with Gasteiger partial charge in [0.2, 0.25) is 5.91 Å². The standard InChI is InChI=1S/C24H33N3O2/c1-4-6-9-19-11-13-20(14-12-19)23(28)27-22(18(3)5-2)24(29)26-17-15-21-10-7-8-16-25-21/h7-8,10-14,16,18,22H,4-6,9,15,17H2,1-3H3,(H,26,29)(H,27,28). The van der Waals surface area contributed by atoms with Crippen LogP contribution >= 0.6 is 0 Å². The molecular weight excluding hydrogens is 362 g/mol. The van der Waals surface area contributed by atoms with E-state index in [0.29, 0.717) is 18.5 Å². The van der Waals surface area contributed by atoms with Gasteiger partial charge in [0.1, 0.15) is 6.04 Å². The van der Waals surface area contributed by atoms with Crippen LogP contribution in [0.15, 0.2) is 48.7 Å². The smallest absolute Gasteiger partial charge is 0.251 e. The Labute approximate surface area is 174 Å². The summed E-state index contributed by atoms with van der Waals surface area (Å²) in [5.74, 6) is -0.321. The van der Waals surface area contributed by atoms with E-state index in [2.05, 4.69) is 22.5 Å². The maximum absolute atomic E-state index is 12.7. The van der Waals surface area contributed by atoms with Crippen molar-refractivity contribution in [2.75, 3.05) is 6.54 Å². The van der Waals surface area contributed by atoms with Crippen LogP contribution in [0.25, 0.3) is 0 Å². The monoisotopic (exact) mass is 395 g/mol. The molecule has 0 radical (unpaired) electrons. The van der Waals surface area contributed by atoms with E-state index in [-0.39, 0.29) is 17.7 Å². The van der Waals surface area contributed by atoms with Crippen molar-refractivity contribution in [3.63, 3.8) is 0 Å². The number of hydrogen-bond acceptors (Lipinski definition) is 3. The van der Waals surface area contributed by atoms with E-state index >= 15 is 0 Å². The molecule has 1 aromatic carbocycles. The largest absolute Gasteiger partial charge is 0.354 e. The zero-order valence-electron chi connectivity index (χ0n) is 17.8. The number of carbonyl (C=O) groups is 2. The maximum Gasteiger partial charge on any atom is 0.251 e. The first-order valence-corrected chi connectivity index (χ1v) is 10.6. The van der Waals surface area contributed by atoms with Crippen molar-refractivity contribution in [1.29, 1.82) is 0 Å². The lowest BCUT2D eigenvalue weighted by atomic mass is 9.97. The second-order valence-corrected chi connectivity index (χ2v) is 7.50. The highest BCUT2D eigenvalue weighted by molar-refractivity contribution is 5.97.